The van der Waals surface area contributed by atoms with E-state index in [9.17, 15) is 14.7 Å². The summed E-state index contributed by atoms with van der Waals surface area (Å²) in [5, 5.41) is 9.59. The highest BCUT2D eigenvalue weighted by Gasteiger charge is 2.48. The average molecular weight is 315 g/mol. The zero-order valence-electron chi connectivity index (χ0n) is 13.9. The molecular formula is C19H25NO3. The van der Waals surface area contributed by atoms with Gasteiger partial charge in [-0.3, -0.25) is 9.59 Å². The van der Waals surface area contributed by atoms with E-state index >= 15 is 0 Å². The fourth-order valence-corrected chi connectivity index (χ4v) is 3.29. The highest BCUT2D eigenvalue weighted by atomic mass is 16.4. The van der Waals surface area contributed by atoms with Crippen LogP contribution in [-0.2, 0) is 9.59 Å². The molecule has 1 aromatic carbocycles. The Labute approximate surface area is 137 Å². The number of carboxylic acid groups (broad SMARTS) is 1. The normalized spacial score (nSPS) is 22.1. The van der Waals surface area contributed by atoms with Crippen LogP contribution in [0.4, 0.5) is 0 Å². The number of carbonyl (C=O) groups is 2. The van der Waals surface area contributed by atoms with E-state index in [-0.39, 0.29) is 17.7 Å². The predicted molar refractivity (Wildman–Crippen MR) is 90.1 cm³/mol. The molecule has 0 bridgehead atoms. The monoisotopic (exact) mass is 315 g/mol. The highest BCUT2D eigenvalue weighted by Crippen LogP contribution is 2.38. The van der Waals surface area contributed by atoms with Gasteiger partial charge in [-0.15, -0.1) is 6.58 Å². The molecule has 1 aliphatic rings. The van der Waals surface area contributed by atoms with Crippen LogP contribution in [0.1, 0.15) is 38.2 Å². The van der Waals surface area contributed by atoms with Crippen molar-refractivity contribution >= 4 is 11.9 Å². The summed E-state index contributed by atoms with van der Waals surface area (Å²) in [7, 11) is 0. The van der Waals surface area contributed by atoms with Gasteiger partial charge in [0.25, 0.3) is 0 Å². The van der Waals surface area contributed by atoms with Crippen LogP contribution in [-0.4, -0.2) is 35.0 Å². The van der Waals surface area contributed by atoms with Gasteiger partial charge in [0.05, 0.1) is 5.41 Å². The summed E-state index contributed by atoms with van der Waals surface area (Å²) in [6.45, 7) is 8.49. The van der Waals surface area contributed by atoms with Crippen LogP contribution in [0.15, 0.2) is 43.0 Å². The first-order valence-corrected chi connectivity index (χ1v) is 8.09. The van der Waals surface area contributed by atoms with Crippen molar-refractivity contribution in [2.24, 2.45) is 11.3 Å². The summed E-state index contributed by atoms with van der Waals surface area (Å²) in [5.74, 6) is -0.835. The number of aliphatic carboxylic acids is 1. The Kier molecular flexibility index (Phi) is 5.24. The summed E-state index contributed by atoms with van der Waals surface area (Å²) in [6, 6.07) is 9.80. The van der Waals surface area contributed by atoms with E-state index in [1.807, 2.05) is 44.2 Å². The van der Waals surface area contributed by atoms with Crippen LogP contribution in [0.5, 0.6) is 0 Å². The molecule has 124 valence electrons. The first-order chi connectivity index (χ1) is 10.9. The zero-order valence-corrected chi connectivity index (χ0v) is 13.9. The van der Waals surface area contributed by atoms with Crippen molar-refractivity contribution in [2.75, 3.05) is 13.1 Å². The number of amides is 1. The number of carboxylic acids is 1. The SMILES string of the molecule is C=CC(CC(=O)N1CCC(C(=O)O)(C(C)C)C1)c1ccccc1. The number of likely N-dealkylation sites (tertiary alicyclic amines) is 1. The van der Waals surface area contributed by atoms with Crippen LogP contribution in [0, 0.1) is 11.3 Å². The zero-order chi connectivity index (χ0) is 17.0. The first-order valence-electron chi connectivity index (χ1n) is 8.09. The van der Waals surface area contributed by atoms with Gasteiger partial charge in [-0.25, -0.2) is 0 Å². The lowest BCUT2D eigenvalue weighted by Gasteiger charge is -2.29. The molecule has 4 nitrogen and oxygen atoms in total. The Balaban J connectivity index is 2.07. The largest absolute Gasteiger partial charge is 0.481 e. The molecule has 2 atom stereocenters. The molecule has 0 spiro atoms. The van der Waals surface area contributed by atoms with E-state index in [0.29, 0.717) is 25.9 Å². The highest BCUT2D eigenvalue weighted by molar-refractivity contribution is 5.81. The molecule has 2 rings (SSSR count). The van der Waals surface area contributed by atoms with E-state index in [0.717, 1.165) is 5.56 Å². The minimum Gasteiger partial charge on any atom is -0.481 e. The molecule has 1 heterocycles. The van der Waals surface area contributed by atoms with E-state index in [4.69, 9.17) is 0 Å². The van der Waals surface area contributed by atoms with Gasteiger partial charge < -0.3 is 10.0 Å². The standard InChI is InChI=1S/C19H25NO3/c1-4-15(16-8-6-5-7-9-16)12-17(21)20-11-10-19(13-20,14(2)3)18(22)23/h4-9,14-15H,1,10-13H2,2-3H3,(H,22,23). The van der Waals surface area contributed by atoms with Gasteiger partial charge in [0.15, 0.2) is 0 Å². The van der Waals surface area contributed by atoms with Gasteiger partial charge >= 0.3 is 5.97 Å². The lowest BCUT2D eigenvalue weighted by Crippen LogP contribution is -2.40. The number of nitrogens with zero attached hydrogens (tertiary/aromatic N) is 1. The number of allylic oxidation sites excluding steroid dienone is 1. The summed E-state index contributed by atoms with van der Waals surface area (Å²) in [6.07, 6.45) is 2.65. The lowest BCUT2D eigenvalue weighted by atomic mass is 9.76. The molecular weight excluding hydrogens is 290 g/mol. The predicted octanol–water partition coefficient (Wildman–Crippen LogP) is 3.31. The molecule has 23 heavy (non-hydrogen) atoms. The average Bonchev–Trinajstić information content (AvgIpc) is 3.00. The van der Waals surface area contributed by atoms with Crippen LogP contribution >= 0.6 is 0 Å². The van der Waals surface area contributed by atoms with E-state index in [1.54, 1.807) is 11.0 Å². The number of rotatable bonds is 6. The molecule has 0 aromatic heterocycles. The summed E-state index contributed by atoms with van der Waals surface area (Å²) >= 11 is 0. The minimum absolute atomic E-state index is 0.00197. The van der Waals surface area contributed by atoms with Gasteiger partial charge in [0.2, 0.25) is 5.91 Å². The van der Waals surface area contributed by atoms with Crippen molar-refractivity contribution in [1.82, 2.24) is 4.90 Å². The second-order valence-electron chi connectivity index (χ2n) is 6.64. The smallest absolute Gasteiger partial charge is 0.311 e. The lowest BCUT2D eigenvalue weighted by molar-refractivity contribution is -0.151. The topological polar surface area (TPSA) is 57.6 Å². The van der Waals surface area contributed by atoms with Crippen molar-refractivity contribution in [1.29, 1.82) is 0 Å². The van der Waals surface area contributed by atoms with E-state index in [2.05, 4.69) is 6.58 Å². The van der Waals surface area contributed by atoms with Crippen molar-refractivity contribution in [2.45, 2.75) is 32.6 Å². The van der Waals surface area contributed by atoms with E-state index < -0.39 is 11.4 Å². The Morgan fingerprint density at radius 3 is 2.48 bits per heavy atom. The van der Waals surface area contributed by atoms with Crippen molar-refractivity contribution in [3.05, 3.63) is 48.6 Å². The van der Waals surface area contributed by atoms with Gasteiger partial charge in [0.1, 0.15) is 0 Å². The third-order valence-corrected chi connectivity index (χ3v) is 5.09. The Bertz CT molecular complexity index is 582. The number of carbonyl (C=O) groups excluding carboxylic acids is 1. The van der Waals surface area contributed by atoms with Gasteiger partial charge in [-0.1, -0.05) is 50.3 Å². The van der Waals surface area contributed by atoms with Gasteiger partial charge in [0, 0.05) is 25.4 Å². The van der Waals surface area contributed by atoms with Gasteiger partial charge in [-0.2, -0.15) is 0 Å². The van der Waals surface area contributed by atoms with Crippen molar-refractivity contribution in [3.8, 4) is 0 Å². The maximum Gasteiger partial charge on any atom is 0.311 e. The third kappa shape index (κ3) is 3.46. The Hall–Kier alpha value is -2.10. The molecule has 1 aliphatic heterocycles. The summed E-state index contributed by atoms with van der Waals surface area (Å²) in [4.78, 5) is 26.0. The molecule has 2 unspecified atom stereocenters. The van der Waals surface area contributed by atoms with Crippen LogP contribution < -0.4 is 0 Å². The second kappa shape index (κ2) is 6.99. The molecule has 4 heteroatoms. The summed E-state index contributed by atoms with van der Waals surface area (Å²) < 4.78 is 0. The second-order valence-corrected chi connectivity index (χ2v) is 6.64. The van der Waals surface area contributed by atoms with Crippen molar-refractivity contribution < 1.29 is 14.7 Å². The minimum atomic E-state index is -0.813. The number of benzene rings is 1. The molecule has 0 saturated carbocycles. The third-order valence-electron chi connectivity index (χ3n) is 5.09. The molecule has 0 aliphatic carbocycles. The van der Waals surface area contributed by atoms with Crippen LogP contribution in [0.25, 0.3) is 0 Å². The number of hydrogen-bond donors (Lipinski definition) is 1. The van der Waals surface area contributed by atoms with Crippen LogP contribution in [0.3, 0.4) is 0 Å². The van der Waals surface area contributed by atoms with Crippen LogP contribution in [0.2, 0.25) is 0 Å². The quantitative estimate of drug-likeness (QED) is 0.819. The first kappa shape index (κ1) is 17.3. The maximum absolute atomic E-state index is 12.6. The Morgan fingerprint density at radius 2 is 2.00 bits per heavy atom. The van der Waals surface area contributed by atoms with E-state index in [1.165, 1.54) is 0 Å². The fraction of sp³-hybridized carbons (Fsp3) is 0.474. The molecule has 1 N–H and O–H groups in total. The molecule has 1 amide bonds. The number of hydrogen-bond acceptors (Lipinski definition) is 2. The summed E-state index contributed by atoms with van der Waals surface area (Å²) in [5.41, 5.74) is 0.245. The van der Waals surface area contributed by atoms with Gasteiger partial charge in [-0.05, 0) is 17.9 Å². The maximum atomic E-state index is 12.6. The Morgan fingerprint density at radius 1 is 1.35 bits per heavy atom. The van der Waals surface area contributed by atoms with Crippen molar-refractivity contribution in [3.63, 3.8) is 0 Å². The fourth-order valence-electron chi connectivity index (χ4n) is 3.29. The molecule has 1 aromatic rings. The molecule has 1 fully saturated rings. The molecule has 1 saturated heterocycles. The molecule has 0 radical (unpaired) electrons.